The van der Waals surface area contributed by atoms with E-state index in [2.05, 4.69) is 243 Å². The Morgan fingerprint density at radius 1 is 0.467 bits per heavy atom. The van der Waals surface area contributed by atoms with E-state index in [0.29, 0.717) is 0 Å². The Morgan fingerprint density at radius 2 is 0.850 bits per heavy atom. The zero-order valence-electron chi connectivity index (χ0n) is 34.3. The number of benzene rings is 7. The minimum absolute atomic E-state index is 1.07. The third kappa shape index (κ3) is 8.42. The summed E-state index contributed by atoms with van der Waals surface area (Å²) in [6.07, 6.45) is 12.5. The molecule has 0 N–H and O–H groups in total. The SMILES string of the molecule is CC=C1CCCC1=CC(=C([C]#[Os])[P+](c1ccccc1)(c1ccccc1)c1ccccc1)c1ccc(/C(=C(\c2ccccc2)c2ccc(/C=C/C)cc2)c2ccccc2)cc1. The molecule has 1 saturated carbocycles. The summed E-state index contributed by atoms with van der Waals surface area (Å²) in [5.41, 5.74) is 13.7. The fourth-order valence-corrected chi connectivity index (χ4v) is 14.5. The molecule has 0 aliphatic heterocycles. The van der Waals surface area contributed by atoms with Crippen LogP contribution >= 0.6 is 7.26 Å². The molecule has 1 aliphatic rings. The second kappa shape index (κ2) is 19.4. The van der Waals surface area contributed by atoms with E-state index in [-0.39, 0.29) is 0 Å². The Kier molecular flexibility index (Phi) is 13.2. The van der Waals surface area contributed by atoms with Gasteiger partial charge in [-0.25, -0.2) is 0 Å². The van der Waals surface area contributed by atoms with Crippen molar-refractivity contribution in [2.45, 2.75) is 33.1 Å². The van der Waals surface area contributed by atoms with E-state index in [4.69, 9.17) is 0 Å². The van der Waals surface area contributed by atoms with Gasteiger partial charge >= 0.3 is 339 Å². The molecule has 0 saturated heterocycles. The summed E-state index contributed by atoms with van der Waals surface area (Å²) in [6.45, 7) is 4.26. The Hall–Kier alpha value is -5.91. The van der Waals surface area contributed by atoms with E-state index < -0.39 is 7.26 Å². The molecule has 0 heterocycles. The minimum atomic E-state index is -2.46. The average Bonchev–Trinajstić information content (AvgIpc) is 3.78. The summed E-state index contributed by atoms with van der Waals surface area (Å²) in [4.78, 5) is 0. The molecule has 7 aromatic rings. The molecular weight excluding hydrogens is 918 g/mol. The van der Waals surface area contributed by atoms with E-state index in [1.807, 2.05) is 17.9 Å². The molecule has 0 amide bonds. The van der Waals surface area contributed by atoms with Crippen molar-refractivity contribution in [2.24, 2.45) is 0 Å². The van der Waals surface area contributed by atoms with Gasteiger partial charge in [0.2, 0.25) is 0 Å². The second-order valence-corrected chi connectivity index (χ2v) is 19.0. The zero-order chi connectivity index (χ0) is 41.2. The van der Waals surface area contributed by atoms with Crippen LogP contribution < -0.4 is 15.9 Å². The van der Waals surface area contributed by atoms with E-state index in [1.54, 1.807) is 0 Å². The number of allylic oxidation sites excluding steroid dienone is 7. The second-order valence-electron chi connectivity index (χ2n) is 15.0. The first-order chi connectivity index (χ1) is 29.6. The van der Waals surface area contributed by atoms with Gasteiger partial charge in [-0.1, -0.05) is 18.2 Å². The Balaban J connectivity index is 1.43. The normalized spacial score (nSPS) is 15.2. The Bertz CT molecular complexity index is 2640. The third-order valence-electron chi connectivity index (χ3n) is 11.5. The fourth-order valence-electron chi connectivity index (χ4n) is 8.71. The van der Waals surface area contributed by atoms with Gasteiger partial charge in [0.1, 0.15) is 0 Å². The van der Waals surface area contributed by atoms with E-state index in [0.717, 1.165) is 12.8 Å². The Morgan fingerprint density at radius 3 is 1.27 bits per heavy atom. The summed E-state index contributed by atoms with van der Waals surface area (Å²) < 4.78 is 3.96. The first-order valence-corrected chi connectivity index (χ1v) is 23.9. The maximum atomic E-state index is 3.96. The van der Waals surface area contributed by atoms with E-state index in [9.17, 15) is 0 Å². The van der Waals surface area contributed by atoms with Gasteiger partial charge in [0.15, 0.2) is 0 Å². The number of hydrogen-bond donors (Lipinski definition) is 0. The van der Waals surface area contributed by atoms with Crippen molar-refractivity contribution in [2.75, 3.05) is 0 Å². The molecule has 0 atom stereocenters. The van der Waals surface area contributed by atoms with Gasteiger partial charge in [-0.05, 0) is 12.5 Å². The summed E-state index contributed by atoms with van der Waals surface area (Å²) in [6, 6.07) is 73.7. The van der Waals surface area contributed by atoms with Gasteiger partial charge < -0.3 is 0 Å². The van der Waals surface area contributed by atoms with E-state index >= 15 is 0 Å². The molecule has 7 aromatic carbocycles. The average molecular weight is 967 g/mol. The van der Waals surface area contributed by atoms with Crippen molar-refractivity contribution < 1.29 is 17.9 Å². The van der Waals surface area contributed by atoms with Crippen molar-refractivity contribution in [1.29, 1.82) is 0 Å². The quantitative estimate of drug-likeness (QED) is 0.0895. The number of hydrogen-bond acceptors (Lipinski definition) is 0. The van der Waals surface area contributed by atoms with Crippen LogP contribution in [0.2, 0.25) is 0 Å². The summed E-state index contributed by atoms with van der Waals surface area (Å²) >= 11 is 1.86. The summed E-state index contributed by atoms with van der Waals surface area (Å²) in [7, 11) is -2.46. The summed E-state index contributed by atoms with van der Waals surface area (Å²) in [5.74, 6) is 0. The zero-order valence-corrected chi connectivity index (χ0v) is 37.7. The predicted molar refractivity (Wildman–Crippen MR) is 257 cm³/mol. The van der Waals surface area contributed by atoms with Crippen molar-refractivity contribution in [1.82, 2.24) is 0 Å². The van der Waals surface area contributed by atoms with Crippen LogP contribution in [-0.2, 0) is 17.9 Å². The van der Waals surface area contributed by atoms with Crippen molar-refractivity contribution in [3.63, 3.8) is 0 Å². The van der Waals surface area contributed by atoms with Gasteiger partial charge in [-0.3, -0.25) is 0 Å². The van der Waals surface area contributed by atoms with Crippen molar-refractivity contribution in [3.05, 3.63) is 268 Å². The van der Waals surface area contributed by atoms with Crippen LogP contribution in [0.25, 0.3) is 22.8 Å². The van der Waals surface area contributed by atoms with Crippen molar-refractivity contribution >= 4 is 46.0 Å². The molecule has 0 nitrogen and oxygen atoms in total. The molecule has 1 fully saturated rings. The molecule has 0 bridgehead atoms. The standard InChI is InChI=1S/C58H49P.Os/c1-4-22-45-35-37-50(38-36-45)57(48-23-11-6-12-24-48)58(49-25-13-7-14-26-49)51-41-39-47(40-42-51)56(43-52-28-21-27-46(52)5-2)44(3)59(53-29-15-8-16-30-53,54-31-17-9-18-32-54)55-33-19-10-20-34-55;/h4-20,22-26,29-43H,21,27-28H2,1-2H3;/q+1;/b22-4+,46-5?,52-43?,56-44?,58-57+;. The predicted octanol–water partition coefficient (Wildman–Crippen LogP) is 14.0. The number of rotatable bonds is 11. The maximum absolute atomic E-state index is 3.96. The van der Waals surface area contributed by atoms with Crippen molar-refractivity contribution in [3.8, 4) is 4.37 Å². The molecule has 1 aliphatic carbocycles. The van der Waals surface area contributed by atoms with Crippen LogP contribution in [0.3, 0.4) is 0 Å². The van der Waals surface area contributed by atoms with Gasteiger partial charge in [0.05, 0.1) is 0 Å². The third-order valence-corrected chi connectivity index (χ3v) is 16.9. The summed E-state index contributed by atoms with van der Waals surface area (Å²) in [5, 5.41) is 5.23. The molecule has 2 heteroatoms. The van der Waals surface area contributed by atoms with Gasteiger partial charge in [0.25, 0.3) is 0 Å². The molecule has 293 valence electrons. The molecule has 0 spiro atoms. The Labute approximate surface area is 367 Å². The van der Waals surface area contributed by atoms with Crippen LogP contribution in [0, 0.1) is 4.37 Å². The van der Waals surface area contributed by atoms with Gasteiger partial charge in [0, 0.05) is 0 Å². The van der Waals surface area contributed by atoms with Gasteiger partial charge in [-0.2, -0.15) is 0 Å². The first-order valence-electron chi connectivity index (χ1n) is 20.9. The van der Waals surface area contributed by atoms with Crippen LogP contribution in [0.5, 0.6) is 0 Å². The topological polar surface area (TPSA) is 0 Å². The van der Waals surface area contributed by atoms with Crippen LogP contribution in [-0.4, -0.2) is 0 Å². The molecule has 0 unspecified atom stereocenters. The molecular formula is C58H49OsP+. The van der Waals surface area contributed by atoms with E-state index in [1.165, 1.54) is 88.9 Å². The molecule has 8 rings (SSSR count). The molecule has 0 radical (unpaired) electrons. The van der Waals surface area contributed by atoms with Crippen LogP contribution in [0.15, 0.2) is 235 Å². The first kappa shape index (κ1) is 40.8. The molecule has 0 aromatic heterocycles. The molecule has 60 heavy (non-hydrogen) atoms. The monoisotopic (exact) mass is 968 g/mol. The fraction of sp³-hybridized carbons (Fsp3) is 0.0862. The van der Waals surface area contributed by atoms with Crippen LogP contribution in [0.4, 0.5) is 0 Å². The van der Waals surface area contributed by atoms with Gasteiger partial charge in [-0.15, -0.1) is 0 Å². The van der Waals surface area contributed by atoms with Crippen LogP contribution in [0.1, 0.15) is 66.5 Å².